The van der Waals surface area contributed by atoms with E-state index in [-0.39, 0.29) is 0 Å². The Morgan fingerprint density at radius 2 is 1.95 bits per heavy atom. The lowest BCUT2D eigenvalue weighted by Gasteiger charge is -2.12. The van der Waals surface area contributed by atoms with Crippen LogP contribution in [0.2, 0.25) is 0 Å². The van der Waals surface area contributed by atoms with Gasteiger partial charge < -0.3 is 5.32 Å². The Morgan fingerprint density at radius 1 is 1.20 bits per heavy atom. The van der Waals surface area contributed by atoms with Crippen LogP contribution in [0.15, 0.2) is 39.4 Å². The minimum atomic E-state index is 0.501. The highest BCUT2D eigenvalue weighted by Gasteiger charge is 2.08. The molecule has 0 aliphatic carbocycles. The second kappa shape index (κ2) is 7.27. The molecule has 108 valence electrons. The monoisotopic (exact) mass is 399 g/mol. The second-order valence-corrected chi connectivity index (χ2v) is 6.51. The van der Waals surface area contributed by atoms with Crippen LogP contribution in [0.1, 0.15) is 38.4 Å². The topological polar surface area (TPSA) is 29.9 Å². The molecule has 20 heavy (non-hydrogen) atoms. The first-order valence-electron chi connectivity index (χ1n) is 6.87. The Hall–Kier alpha value is -0.810. The van der Waals surface area contributed by atoms with Gasteiger partial charge in [-0.05, 0) is 53.0 Å². The largest absolute Gasteiger partial charge is 0.378 e. The third-order valence-electron chi connectivity index (χ3n) is 3.37. The van der Waals surface area contributed by atoms with Crippen LogP contribution in [-0.2, 0) is 6.54 Å². The predicted molar refractivity (Wildman–Crippen MR) is 91.0 cm³/mol. The Balaban J connectivity index is 2.02. The van der Waals surface area contributed by atoms with E-state index >= 15 is 0 Å². The normalized spacial score (nSPS) is 11.1. The number of nitrogens with zero attached hydrogens (tertiary/aromatic N) is 2. The molecule has 1 heterocycles. The minimum absolute atomic E-state index is 0.501. The fourth-order valence-corrected chi connectivity index (χ4v) is 2.90. The van der Waals surface area contributed by atoms with Crippen molar-refractivity contribution >= 4 is 37.5 Å². The molecule has 3 nitrogen and oxygen atoms in total. The number of hydrogen-bond acceptors (Lipinski definition) is 2. The SMILES string of the molecule is CCC(CC)n1ccc(CNc2cc(Br)ccc2Br)n1. The van der Waals surface area contributed by atoms with Gasteiger partial charge in [0, 0.05) is 20.8 Å². The summed E-state index contributed by atoms with van der Waals surface area (Å²) in [6, 6.07) is 8.67. The van der Waals surface area contributed by atoms with E-state index < -0.39 is 0 Å². The standard InChI is InChI=1S/C15H19Br2N3/c1-3-13(4-2)20-8-7-12(19-20)10-18-15-9-11(16)5-6-14(15)17/h5-9,13,18H,3-4,10H2,1-2H3. The maximum atomic E-state index is 4.65. The zero-order valence-electron chi connectivity index (χ0n) is 11.7. The fraction of sp³-hybridized carbons (Fsp3) is 0.400. The van der Waals surface area contributed by atoms with Crippen LogP contribution in [0.5, 0.6) is 0 Å². The van der Waals surface area contributed by atoms with Crippen LogP contribution in [0.25, 0.3) is 0 Å². The number of aromatic nitrogens is 2. The van der Waals surface area contributed by atoms with Gasteiger partial charge >= 0.3 is 0 Å². The fourth-order valence-electron chi connectivity index (χ4n) is 2.16. The highest BCUT2D eigenvalue weighted by Crippen LogP contribution is 2.26. The van der Waals surface area contributed by atoms with E-state index in [1.165, 1.54) is 0 Å². The van der Waals surface area contributed by atoms with Crippen molar-refractivity contribution < 1.29 is 0 Å². The Labute approximate surface area is 137 Å². The molecule has 0 aliphatic heterocycles. The van der Waals surface area contributed by atoms with E-state index in [0.717, 1.165) is 39.7 Å². The number of anilines is 1. The molecule has 0 spiro atoms. The lowest BCUT2D eigenvalue weighted by Crippen LogP contribution is -2.09. The third-order valence-corrected chi connectivity index (χ3v) is 4.55. The van der Waals surface area contributed by atoms with Gasteiger partial charge in [0.05, 0.1) is 18.3 Å². The second-order valence-electron chi connectivity index (χ2n) is 4.74. The van der Waals surface area contributed by atoms with Crippen molar-refractivity contribution in [1.82, 2.24) is 9.78 Å². The van der Waals surface area contributed by atoms with Crippen LogP contribution in [0.4, 0.5) is 5.69 Å². The van der Waals surface area contributed by atoms with Crippen LogP contribution in [0, 0.1) is 0 Å². The van der Waals surface area contributed by atoms with Crippen LogP contribution >= 0.6 is 31.9 Å². The summed E-state index contributed by atoms with van der Waals surface area (Å²) >= 11 is 7.03. The first-order chi connectivity index (χ1) is 9.63. The molecule has 0 amide bonds. The number of nitrogens with one attached hydrogen (secondary N) is 1. The number of benzene rings is 1. The van der Waals surface area contributed by atoms with Crippen molar-refractivity contribution in [3.8, 4) is 0 Å². The van der Waals surface area contributed by atoms with E-state index in [4.69, 9.17) is 0 Å². The number of rotatable bonds is 6. The third kappa shape index (κ3) is 3.85. The molecule has 1 aromatic heterocycles. The molecule has 2 aromatic rings. The van der Waals surface area contributed by atoms with Crippen molar-refractivity contribution in [2.75, 3.05) is 5.32 Å². The van der Waals surface area contributed by atoms with Gasteiger partial charge in [0.15, 0.2) is 0 Å². The molecule has 1 aromatic carbocycles. The lowest BCUT2D eigenvalue weighted by atomic mass is 10.2. The maximum absolute atomic E-state index is 4.65. The van der Waals surface area contributed by atoms with Gasteiger partial charge in [-0.1, -0.05) is 29.8 Å². The quantitative estimate of drug-likeness (QED) is 0.705. The number of halogens is 2. The van der Waals surface area contributed by atoms with E-state index in [1.54, 1.807) is 0 Å². The molecule has 1 N–H and O–H groups in total. The summed E-state index contributed by atoms with van der Waals surface area (Å²) in [5, 5.41) is 8.05. The molecule has 0 radical (unpaired) electrons. The van der Waals surface area contributed by atoms with E-state index in [0.29, 0.717) is 6.04 Å². The summed E-state index contributed by atoms with van der Waals surface area (Å²) in [5.74, 6) is 0. The van der Waals surface area contributed by atoms with Gasteiger partial charge in [0.1, 0.15) is 0 Å². The smallest absolute Gasteiger partial charge is 0.0815 e. The average Bonchev–Trinajstić information content (AvgIpc) is 2.90. The highest BCUT2D eigenvalue weighted by atomic mass is 79.9. The van der Waals surface area contributed by atoms with Crippen molar-refractivity contribution in [3.63, 3.8) is 0 Å². The summed E-state index contributed by atoms with van der Waals surface area (Å²) in [6.07, 6.45) is 4.30. The zero-order valence-corrected chi connectivity index (χ0v) is 14.9. The zero-order chi connectivity index (χ0) is 14.5. The average molecular weight is 401 g/mol. The summed E-state index contributed by atoms with van der Waals surface area (Å²) in [4.78, 5) is 0. The van der Waals surface area contributed by atoms with E-state index in [2.05, 4.69) is 79.1 Å². The summed E-state index contributed by atoms with van der Waals surface area (Å²) in [5.41, 5.74) is 2.13. The molecule has 0 saturated heterocycles. The van der Waals surface area contributed by atoms with Crippen LogP contribution in [-0.4, -0.2) is 9.78 Å². The summed E-state index contributed by atoms with van der Waals surface area (Å²) in [6.45, 7) is 5.13. The molecule has 0 aliphatic rings. The molecule has 0 saturated carbocycles. The van der Waals surface area contributed by atoms with E-state index in [1.807, 2.05) is 12.1 Å². The van der Waals surface area contributed by atoms with E-state index in [9.17, 15) is 0 Å². The summed E-state index contributed by atoms with van der Waals surface area (Å²) < 4.78 is 4.19. The highest BCUT2D eigenvalue weighted by molar-refractivity contribution is 9.11. The molecular weight excluding hydrogens is 382 g/mol. The van der Waals surface area contributed by atoms with Gasteiger partial charge in [-0.25, -0.2) is 0 Å². The maximum Gasteiger partial charge on any atom is 0.0815 e. The van der Waals surface area contributed by atoms with Gasteiger partial charge in [0.2, 0.25) is 0 Å². The number of hydrogen-bond donors (Lipinski definition) is 1. The molecular formula is C15H19Br2N3. The Morgan fingerprint density at radius 3 is 2.65 bits per heavy atom. The first kappa shape index (κ1) is 15.6. The summed E-state index contributed by atoms with van der Waals surface area (Å²) in [7, 11) is 0. The van der Waals surface area contributed by atoms with Gasteiger partial charge in [-0.2, -0.15) is 5.10 Å². The van der Waals surface area contributed by atoms with Crippen LogP contribution < -0.4 is 5.32 Å². The first-order valence-corrected chi connectivity index (χ1v) is 8.45. The van der Waals surface area contributed by atoms with Crippen LogP contribution in [0.3, 0.4) is 0 Å². The van der Waals surface area contributed by atoms with Gasteiger partial charge in [-0.3, -0.25) is 4.68 Å². The minimum Gasteiger partial charge on any atom is -0.378 e. The molecule has 0 fully saturated rings. The van der Waals surface area contributed by atoms with Crippen molar-refractivity contribution in [2.24, 2.45) is 0 Å². The molecule has 0 unspecified atom stereocenters. The molecule has 0 bridgehead atoms. The Kier molecular flexibility index (Phi) is 5.66. The Bertz CT molecular complexity index is 562. The molecule has 0 atom stereocenters. The van der Waals surface area contributed by atoms with Gasteiger partial charge in [-0.15, -0.1) is 0 Å². The van der Waals surface area contributed by atoms with Crippen molar-refractivity contribution in [3.05, 3.63) is 45.1 Å². The predicted octanol–water partition coefficient (Wildman–Crippen LogP) is 5.38. The molecule has 5 heteroatoms. The molecule has 2 rings (SSSR count). The van der Waals surface area contributed by atoms with Crippen molar-refractivity contribution in [2.45, 2.75) is 39.3 Å². The van der Waals surface area contributed by atoms with Crippen molar-refractivity contribution in [1.29, 1.82) is 0 Å². The lowest BCUT2D eigenvalue weighted by molar-refractivity contribution is 0.426. The van der Waals surface area contributed by atoms with Gasteiger partial charge in [0.25, 0.3) is 0 Å².